The molecule has 0 saturated carbocycles. The Morgan fingerprint density at radius 3 is 2.93 bits per heavy atom. The number of nitrogens with one attached hydrogen (secondary N) is 1. The van der Waals surface area contributed by atoms with E-state index in [4.69, 9.17) is 5.73 Å². The van der Waals surface area contributed by atoms with E-state index < -0.39 is 0 Å². The number of anilines is 1. The SMILES string of the molecule is Nc1cc(F)cc(CC2CCCN2)c1. The molecule has 1 heterocycles. The number of nitrogen functional groups attached to an aromatic ring is 1. The minimum Gasteiger partial charge on any atom is -0.399 e. The quantitative estimate of drug-likeness (QED) is 0.703. The van der Waals surface area contributed by atoms with Crippen molar-refractivity contribution in [1.29, 1.82) is 0 Å². The van der Waals surface area contributed by atoms with Gasteiger partial charge in [-0.05, 0) is 49.6 Å². The zero-order chi connectivity index (χ0) is 9.97. The van der Waals surface area contributed by atoms with Crippen molar-refractivity contribution < 1.29 is 4.39 Å². The number of rotatable bonds is 2. The lowest BCUT2D eigenvalue weighted by atomic mass is 10.0. The minimum absolute atomic E-state index is 0.238. The fourth-order valence-corrected chi connectivity index (χ4v) is 2.01. The molecule has 1 atom stereocenters. The predicted molar refractivity (Wildman–Crippen MR) is 55.5 cm³/mol. The average molecular weight is 194 g/mol. The summed E-state index contributed by atoms with van der Waals surface area (Å²) in [5.41, 5.74) is 7.07. The van der Waals surface area contributed by atoms with Crippen LogP contribution in [0.25, 0.3) is 0 Å². The van der Waals surface area contributed by atoms with Crippen LogP contribution in [0.15, 0.2) is 18.2 Å². The molecule has 1 fully saturated rings. The maximum absolute atomic E-state index is 13.0. The van der Waals surface area contributed by atoms with Crippen LogP contribution in [-0.4, -0.2) is 12.6 Å². The zero-order valence-corrected chi connectivity index (χ0v) is 8.09. The molecule has 1 saturated heterocycles. The van der Waals surface area contributed by atoms with Crippen LogP contribution in [0, 0.1) is 5.82 Å². The molecule has 3 N–H and O–H groups in total. The lowest BCUT2D eigenvalue weighted by molar-refractivity contribution is 0.593. The molecule has 1 aromatic carbocycles. The van der Waals surface area contributed by atoms with Gasteiger partial charge < -0.3 is 11.1 Å². The van der Waals surface area contributed by atoms with E-state index in [-0.39, 0.29) is 5.82 Å². The van der Waals surface area contributed by atoms with E-state index in [1.54, 1.807) is 6.07 Å². The van der Waals surface area contributed by atoms with E-state index in [1.165, 1.54) is 18.9 Å². The van der Waals surface area contributed by atoms with Crippen LogP contribution in [0.4, 0.5) is 10.1 Å². The van der Waals surface area contributed by atoms with E-state index in [1.807, 2.05) is 6.07 Å². The van der Waals surface area contributed by atoms with Crippen molar-refractivity contribution in [2.45, 2.75) is 25.3 Å². The lowest BCUT2D eigenvalue weighted by Gasteiger charge is -2.10. The Hall–Kier alpha value is -1.09. The largest absolute Gasteiger partial charge is 0.399 e. The standard InChI is InChI=1S/C11H15FN2/c12-9-4-8(5-10(13)7-9)6-11-2-1-3-14-11/h4-5,7,11,14H,1-3,6,13H2. The first-order chi connectivity index (χ1) is 6.74. The summed E-state index contributed by atoms with van der Waals surface area (Å²) < 4.78 is 13.0. The molecular weight excluding hydrogens is 179 g/mol. The number of hydrogen-bond acceptors (Lipinski definition) is 2. The van der Waals surface area contributed by atoms with Gasteiger partial charge in [0.05, 0.1) is 0 Å². The minimum atomic E-state index is -0.238. The van der Waals surface area contributed by atoms with Gasteiger partial charge in [-0.25, -0.2) is 4.39 Å². The third kappa shape index (κ3) is 2.23. The van der Waals surface area contributed by atoms with Gasteiger partial charge in [0.2, 0.25) is 0 Å². The summed E-state index contributed by atoms with van der Waals surface area (Å²) in [6, 6.07) is 5.27. The predicted octanol–water partition coefficient (Wildman–Crippen LogP) is 1.70. The van der Waals surface area contributed by atoms with Crippen molar-refractivity contribution in [3.05, 3.63) is 29.6 Å². The van der Waals surface area contributed by atoms with Crippen LogP contribution >= 0.6 is 0 Å². The van der Waals surface area contributed by atoms with E-state index >= 15 is 0 Å². The molecule has 0 spiro atoms. The van der Waals surface area contributed by atoms with Crippen molar-refractivity contribution in [2.75, 3.05) is 12.3 Å². The maximum Gasteiger partial charge on any atom is 0.125 e. The molecule has 0 aliphatic carbocycles. The van der Waals surface area contributed by atoms with Gasteiger partial charge in [-0.1, -0.05) is 0 Å². The van der Waals surface area contributed by atoms with Gasteiger partial charge in [-0.3, -0.25) is 0 Å². The topological polar surface area (TPSA) is 38.0 Å². The second-order valence-electron chi connectivity index (χ2n) is 3.89. The van der Waals surface area contributed by atoms with E-state index in [0.717, 1.165) is 18.5 Å². The molecule has 1 aliphatic heterocycles. The molecule has 1 aliphatic rings. The summed E-state index contributed by atoms with van der Waals surface area (Å²) in [6.07, 6.45) is 3.27. The lowest BCUT2D eigenvalue weighted by Crippen LogP contribution is -2.23. The molecule has 2 nitrogen and oxygen atoms in total. The van der Waals surface area contributed by atoms with Gasteiger partial charge in [-0.2, -0.15) is 0 Å². The monoisotopic (exact) mass is 194 g/mol. The van der Waals surface area contributed by atoms with Gasteiger partial charge in [0.25, 0.3) is 0 Å². The molecule has 0 radical (unpaired) electrons. The Labute approximate surface area is 83.3 Å². The van der Waals surface area contributed by atoms with Gasteiger partial charge in [0.15, 0.2) is 0 Å². The summed E-state index contributed by atoms with van der Waals surface area (Å²) in [5.74, 6) is -0.238. The van der Waals surface area contributed by atoms with Crippen molar-refractivity contribution in [3.63, 3.8) is 0 Å². The molecule has 2 rings (SSSR count). The molecule has 3 heteroatoms. The fraction of sp³-hybridized carbons (Fsp3) is 0.455. The van der Waals surface area contributed by atoms with Crippen molar-refractivity contribution in [1.82, 2.24) is 5.32 Å². The van der Waals surface area contributed by atoms with Crippen LogP contribution in [0.1, 0.15) is 18.4 Å². The Morgan fingerprint density at radius 1 is 1.43 bits per heavy atom. The fourth-order valence-electron chi connectivity index (χ4n) is 2.01. The van der Waals surface area contributed by atoms with Gasteiger partial charge in [0.1, 0.15) is 5.82 Å². The molecule has 1 unspecified atom stereocenters. The molecule has 0 aromatic heterocycles. The first-order valence-corrected chi connectivity index (χ1v) is 5.02. The second kappa shape index (κ2) is 3.96. The highest BCUT2D eigenvalue weighted by molar-refractivity contribution is 5.41. The second-order valence-corrected chi connectivity index (χ2v) is 3.89. The highest BCUT2D eigenvalue weighted by Crippen LogP contribution is 2.16. The summed E-state index contributed by atoms with van der Waals surface area (Å²) in [6.45, 7) is 1.08. The molecule has 0 amide bonds. The number of benzene rings is 1. The van der Waals surface area contributed by atoms with Gasteiger partial charge >= 0.3 is 0 Å². The number of hydrogen-bond donors (Lipinski definition) is 2. The van der Waals surface area contributed by atoms with Crippen LogP contribution in [0.3, 0.4) is 0 Å². The van der Waals surface area contributed by atoms with Crippen molar-refractivity contribution in [3.8, 4) is 0 Å². The van der Waals surface area contributed by atoms with Gasteiger partial charge in [0, 0.05) is 11.7 Å². The molecule has 1 aromatic rings. The van der Waals surface area contributed by atoms with Crippen LogP contribution in [0.2, 0.25) is 0 Å². The number of nitrogens with two attached hydrogens (primary N) is 1. The Bertz CT molecular complexity index is 299. The van der Waals surface area contributed by atoms with Crippen LogP contribution in [0.5, 0.6) is 0 Å². The average Bonchev–Trinajstić information content (AvgIpc) is 2.54. The Kier molecular flexibility index (Phi) is 2.68. The van der Waals surface area contributed by atoms with Crippen molar-refractivity contribution >= 4 is 5.69 Å². The Morgan fingerprint density at radius 2 is 2.29 bits per heavy atom. The third-order valence-corrected chi connectivity index (χ3v) is 2.62. The van der Waals surface area contributed by atoms with E-state index in [0.29, 0.717) is 11.7 Å². The first kappa shape index (κ1) is 9.46. The molecular formula is C11H15FN2. The maximum atomic E-state index is 13.0. The van der Waals surface area contributed by atoms with Crippen molar-refractivity contribution in [2.24, 2.45) is 0 Å². The highest BCUT2D eigenvalue weighted by atomic mass is 19.1. The zero-order valence-electron chi connectivity index (χ0n) is 8.09. The summed E-state index contributed by atoms with van der Waals surface area (Å²) in [4.78, 5) is 0. The number of halogens is 1. The molecule has 0 bridgehead atoms. The summed E-state index contributed by atoms with van der Waals surface area (Å²) in [5, 5.41) is 3.38. The third-order valence-electron chi connectivity index (χ3n) is 2.62. The summed E-state index contributed by atoms with van der Waals surface area (Å²) >= 11 is 0. The highest BCUT2D eigenvalue weighted by Gasteiger charge is 2.14. The Balaban J connectivity index is 2.07. The molecule has 76 valence electrons. The smallest absolute Gasteiger partial charge is 0.125 e. The van der Waals surface area contributed by atoms with Crippen LogP contribution < -0.4 is 11.1 Å². The first-order valence-electron chi connectivity index (χ1n) is 5.02. The summed E-state index contributed by atoms with van der Waals surface area (Å²) in [7, 11) is 0. The van der Waals surface area contributed by atoms with E-state index in [2.05, 4.69) is 5.32 Å². The van der Waals surface area contributed by atoms with Gasteiger partial charge in [-0.15, -0.1) is 0 Å². The molecule has 14 heavy (non-hydrogen) atoms. The van der Waals surface area contributed by atoms with Crippen LogP contribution in [-0.2, 0) is 6.42 Å². The normalized spacial score (nSPS) is 21.4. The van der Waals surface area contributed by atoms with E-state index in [9.17, 15) is 4.39 Å².